The van der Waals surface area contributed by atoms with E-state index in [0.29, 0.717) is 6.54 Å². The van der Waals surface area contributed by atoms with Gasteiger partial charge in [0, 0.05) is 33.2 Å². The zero-order valence-corrected chi connectivity index (χ0v) is 13.5. The lowest BCUT2D eigenvalue weighted by Crippen LogP contribution is -2.31. The monoisotopic (exact) mass is 309 g/mol. The first-order chi connectivity index (χ1) is 11.3. The van der Waals surface area contributed by atoms with Gasteiger partial charge in [-0.3, -0.25) is 4.90 Å². The number of aromatic nitrogens is 3. The summed E-state index contributed by atoms with van der Waals surface area (Å²) in [5, 5.41) is 8.26. The van der Waals surface area contributed by atoms with E-state index in [1.807, 2.05) is 7.05 Å². The Morgan fingerprint density at radius 2 is 1.87 bits per heavy atom. The minimum absolute atomic E-state index is 0.669. The Labute approximate surface area is 136 Å². The van der Waals surface area contributed by atoms with Crippen LogP contribution in [0.1, 0.15) is 11.1 Å². The van der Waals surface area contributed by atoms with Crippen molar-refractivity contribution in [3.63, 3.8) is 0 Å². The van der Waals surface area contributed by atoms with Gasteiger partial charge in [0.15, 0.2) is 0 Å². The molecule has 120 valence electrons. The molecule has 0 spiro atoms. The van der Waals surface area contributed by atoms with Crippen LogP contribution in [0.5, 0.6) is 0 Å². The van der Waals surface area contributed by atoms with E-state index >= 15 is 0 Å². The summed E-state index contributed by atoms with van der Waals surface area (Å²) in [6.07, 6.45) is 1.04. The SMILES string of the molecule is Cn1nnc2cc(CN(CCN)CCc3ccccc3)ccc21. The lowest BCUT2D eigenvalue weighted by molar-refractivity contribution is 0.276. The van der Waals surface area contributed by atoms with Crippen LogP contribution in [0.4, 0.5) is 0 Å². The first kappa shape index (κ1) is 15.6. The summed E-state index contributed by atoms with van der Waals surface area (Å²) >= 11 is 0. The smallest absolute Gasteiger partial charge is 0.113 e. The van der Waals surface area contributed by atoms with E-state index in [9.17, 15) is 0 Å². The Bertz CT molecular complexity index is 750. The quantitative estimate of drug-likeness (QED) is 0.725. The Balaban J connectivity index is 1.67. The highest BCUT2D eigenvalue weighted by atomic mass is 15.4. The minimum Gasteiger partial charge on any atom is -0.329 e. The lowest BCUT2D eigenvalue weighted by atomic mass is 10.1. The second-order valence-corrected chi connectivity index (χ2v) is 5.84. The van der Waals surface area contributed by atoms with Gasteiger partial charge in [-0.2, -0.15) is 0 Å². The Kier molecular flexibility index (Phi) is 5.00. The van der Waals surface area contributed by atoms with Crippen molar-refractivity contribution in [1.82, 2.24) is 19.9 Å². The van der Waals surface area contributed by atoms with Crippen molar-refractivity contribution in [2.75, 3.05) is 19.6 Å². The number of benzene rings is 2. The number of aryl methyl sites for hydroxylation is 1. The molecule has 1 heterocycles. The van der Waals surface area contributed by atoms with Crippen molar-refractivity contribution in [3.8, 4) is 0 Å². The molecule has 0 fully saturated rings. The Morgan fingerprint density at radius 1 is 1.04 bits per heavy atom. The number of hydrogen-bond acceptors (Lipinski definition) is 4. The van der Waals surface area contributed by atoms with Gasteiger partial charge in [-0.15, -0.1) is 5.10 Å². The summed E-state index contributed by atoms with van der Waals surface area (Å²) in [7, 11) is 1.91. The molecule has 0 unspecified atom stereocenters. The van der Waals surface area contributed by atoms with Crippen LogP contribution in [0.2, 0.25) is 0 Å². The zero-order valence-electron chi connectivity index (χ0n) is 13.5. The fourth-order valence-electron chi connectivity index (χ4n) is 2.83. The third-order valence-electron chi connectivity index (χ3n) is 4.09. The van der Waals surface area contributed by atoms with E-state index in [2.05, 4.69) is 63.7 Å². The molecule has 23 heavy (non-hydrogen) atoms. The molecular weight excluding hydrogens is 286 g/mol. The van der Waals surface area contributed by atoms with Gasteiger partial charge in [-0.25, -0.2) is 4.68 Å². The molecule has 0 radical (unpaired) electrons. The van der Waals surface area contributed by atoms with Gasteiger partial charge in [0.2, 0.25) is 0 Å². The van der Waals surface area contributed by atoms with Crippen LogP contribution < -0.4 is 5.73 Å². The number of nitrogens with two attached hydrogens (primary N) is 1. The van der Waals surface area contributed by atoms with E-state index in [0.717, 1.165) is 37.1 Å². The fourth-order valence-corrected chi connectivity index (χ4v) is 2.83. The maximum absolute atomic E-state index is 5.78. The Hall–Kier alpha value is -2.24. The maximum atomic E-state index is 5.78. The van der Waals surface area contributed by atoms with Gasteiger partial charge in [-0.05, 0) is 29.7 Å². The molecule has 3 rings (SSSR count). The van der Waals surface area contributed by atoms with Gasteiger partial charge < -0.3 is 5.73 Å². The van der Waals surface area contributed by atoms with E-state index in [1.54, 1.807) is 4.68 Å². The van der Waals surface area contributed by atoms with Gasteiger partial charge in [0.25, 0.3) is 0 Å². The molecule has 2 N–H and O–H groups in total. The standard InChI is InChI=1S/C18H23N5/c1-22-18-8-7-16(13-17(18)20-21-22)14-23(12-10-19)11-9-15-5-3-2-4-6-15/h2-8,13H,9-12,14,19H2,1H3. The topological polar surface area (TPSA) is 60.0 Å². The minimum atomic E-state index is 0.669. The van der Waals surface area contributed by atoms with Crippen molar-refractivity contribution in [2.45, 2.75) is 13.0 Å². The summed E-state index contributed by atoms with van der Waals surface area (Å²) < 4.78 is 1.80. The molecule has 5 nitrogen and oxygen atoms in total. The molecule has 5 heteroatoms. The lowest BCUT2D eigenvalue weighted by Gasteiger charge is -2.21. The molecule has 1 aromatic heterocycles. The first-order valence-electron chi connectivity index (χ1n) is 8.01. The first-order valence-corrected chi connectivity index (χ1v) is 8.01. The average Bonchev–Trinajstić information content (AvgIpc) is 2.94. The highest BCUT2D eigenvalue weighted by Gasteiger charge is 2.08. The van der Waals surface area contributed by atoms with Gasteiger partial charge >= 0.3 is 0 Å². The van der Waals surface area contributed by atoms with E-state index in [1.165, 1.54) is 11.1 Å². The van der Waals surface area contributed by atoms with Crippen molar-refractivity contribution < 1.29 is 0 Å². The highest BCUT2D eigenvalue weighted by Crippen LogP contribution is 2.14. The third kappa shape index (κ3) is 3.94. The van der Waals surface area contributed by atoms with E-state index in [4.69, 9.17) is 5.73 Å². The van der Waals surface area contributed by atoms with E-state index < -0.39 is 0 Å². The maximum Gasteiger partial charge on any atom is 0.113 e. The molecule has 0 aliphatic heterocycles. The summed E-state index contributed by atoms with van der Waals surface area (Å²) in [4.78, 5) is 2.39. The molecule has 0 atom stereocenters. The summed E-state index contributed by atoms with van der Waals surface area (Å²) in [5.74, 6) is 0. The van der Waals surface area contributed by atoms with Gasteiger partial charge in [0.1, 0.15) is 5.52 Å². The normalized spacial score (nSPS) is 11.4. The second-order valence-electron chi connectivity index (χ2n) is 5.84. The summed E-state index contributed by atoms with van der Waals surface area (Å²) in [6.45, 7) is 3.45. The fraction of sp³-hybridized carbons (Fsp3) is 0.333. The molecule has 0 aliphatic rings. The zero-order chi connectivity index (χ0) is 16.1. The van der Waals surface area contributed by atoms with Crippen molar-refractivity contribution in [3.05, 3.63) is 59.7 Å². The molecular formula is C18H23N5. The van der Waals surface area contributed by atoms with Crippen LogP contribution in [0.15, 0.2) is 48.5 Å². The Morgan fingerprint density at radius 3 is 2.65 bits per heavy atom. The molecule has 0 saturated carbocycles. The average molecular weight is 309 g/mol. The number of rotatable bonds is 7. The van der Waals surface area contributed by atoms with Crippen LogP contribution in [-0.2, 0) is 20.0 Å². The van der Waals surface area contributed by atoms with Crippen LogP contribution >= 0.6 is 0 Å². The number of nitrogens with zero attached hydrogens (tertiary/aromatic N) is 4. The third-order valence-corrected chi connectivity index (χ3v) is 4.09. The largest absolute Gasteiger partial charge is 0.329 e. The summed E-state index contributed by atoms with van der Waals surface area (Å²) in [6, 6.07) is 16.9. The number of hydrogen-bond donors (Lipinski definition) is 1. The van der Waals surface area contributed by atoms with Crippen LogP contribution in [0.3, 0.4) is 0 Å². The predicted octanol–water partition coefficient (Wildman–Crippen LogP) is 1.97. The molecule has 0 aliphatic carbocycles. The molecule has 3 aromatic rings. The predicted molar refractivity (Wildman–Crippen MR) is 93.0 cm³/mol. The van der Waals surface area contributed by atoms with Crippen LogP contribution in [-0.4, -0.2) is 39.5 Å². The molecule has 0 saturated heterocycles. The molecule has 0 amide bonds. The van der Waals surface area contributed by atoms with E-state index in [-0.39, 0.29) is 0 Å². The highest BCUT2D eigenvalue weighted by molar-refractivity contribution is 5.74. The van der Waals surface area contributed by atoms with Crippen LogP contribution in [0.25, 0.3) is 11.0 Å². The number of fused-ring (bicyclic) bond motifs is 1. The van der Waals surface area contributed by atoms with Crippen molar-refractivity contribution in [1.29, 1.82) is 0 Å². The summed E-state index contributed by atoms with van der Waals surface area (Å²) in [5.41, 5.74) is 10.4. The van der Waals surface area contributed by atoms with Crippen molar-refractivity contribution >= 4 is 11.0 Å². The second kappa shape index (κ2) is 7.35. The van der Waals surface area contributed by atoms with Gasteiger partial charge in [-0.1, -0.05) is 41.6 Å². The van der Waals surface area contributed by atoms with Crippen molar-refractivity contribution in [2.24, 2.45) is 12.8 Å². The molecule has 0 bridgehead atoms. The molecule has 2 aromatic carbocycles. The van der Waals surface area contributed by atoms with Gasteiger partial charge in [0.05, 0.1) is 5.52 Å². The van der Waals surface area contributed by atoms with Crippen LogP contribution in [0, 0.1) is 0 Å².